The van der Waals surface area contributed by atoms with E-state index in [1.807, 2.05) is 12.1 Å². The molecule has 0 unspecified atom stereocenters. The summed E-state index contributed by atoms with van der Waals surface area (Å²) in [5.74, 6) is -0.0227. The molecule has 0 aliphatic heterocycles. The van der Waals surface area contributed by atoms with Gasteiger partial charge in [0.15, 0.2) is 0 Å². The average Bonchev–Trinajstić information content (AvgIpc) is 2.17. The minimum absolute atomic E-state index is 0.0227. The van der Waals surface area contributed by atoms with Crippen LogP contribution in [-0.4, -0.2) is 5.91 Å². The van der Waals surface area contributed by atoms with Crippen LogP contribution in [0.25, 0.3) is 0 Å². The molecule has 1 rings (SSSR count). The first-order chi connectivity index (χ1) is 7.45. The Bertz CT molecular complexity index is 369. The monoisotopic (exact) mass is 219 g/mol. The van der Waals surface area contributed by atoms with Crippen molar-refractivity contribution >= 4 is 11.6 Å². The number of hydrogen-bond acceptors (Lipinski definition) is 1. The van der Waals surface area contributed by atoms with Crippen LogP contribution in [-0.2, 0) is 10.2 Å². The predicted molar refractivity (Wildman–Crippen MR) is 68.7 cm³/mol. The molecule has 0 saturated heterocycles. The highest BCUT2D eigenvalue weighted by Crippen LogP contribution is 2.29. The summed E-state index contributed by atoms with van der Waals surface area (Å²) in [7, 11) is 0. The van der Waals surface area contributed by atoms with Crippen LogP contribution in [0.2, 0.25) is 0 Å². The smallest absolute Gasteiger partial charge is 0.221 e. The fourth-order valence-electron chi connectivity index (χ4n) is 1.99. The standard InChI is InChI=1S/C14H21NO/c1-5-9-14(3,4)12-7-6-8-13(10-12)15-11(2)16/h6-8,10H,5,9H2,1-4H3,(H,15,16). The third kappa shape index (κ3) is 3.37. The van der Waals surface area contributed by atoms with Gasteiger partial charge in [-0.2, -0.15) is 0 Å². The maximum atomic E-state index is 11.0. The summed E-state index contributed by atoms with van der Waals surface area (Å²) in [4.78, 5) is 11.0. The number of anilines is 1. The summed E-state index contributed by atoms with van der Waals surface area (Å²) in [6, 6.07) is 8.11. The maximum absolute atomic E-state index is 11.0. The summed E-state index contributed by atoms with van der Waals surface area (Å²) >= 11 is 0. The molecule has 0 radical (unpaired) electrons. The number of nitrogens with one attached hydrogen (secondary N) is 1. The van der Waals surface area contributed by atoms with Gasteiger partial charge >= 0.3 is 0 Å². The molecule has 2 nitrogen and oxygen atoms in total. The van der Waals surface area contributed by atoms with Crippen molar-refractivity contribution < 1.29 is 4.79 Å². The molecule has 0 heterocycles. The summed E-state index contributed by atoms with van der Waals surface area (Å²) < 4.78 is 0. The van der Waals surface area contributed by atoms with Crippen molar-refractivity contribution in [3.05, 3.63) is 29.8 Å². The zero-order chi connectivity index (χ0) is 12.2. The van der Waals surface area contributed by atoms with Gasteiger partial charge in [-0.15, -0.1) is 0 Å². The van der Waals surface area contributed by atoms with E-state index < -0.39 is 0 Å². The molecule has 1 aromatic rings. The van der Waals surface area contributed by atoms with Gasteiger partial charge in [-0.25, -0.2) is 0 Å². The van der Waals surface area contributed by atoms with Crippen LogP contribution in [0, 0.1) is 0 Å². The van der Waals surface area contributed by atoms with Gasteiger partial charge < -0.3 is 5.32 Å². The first-order valence-corrected chi connectivity index (χ1v) is 5.84. The highest BCUT2D eigenvalue weighted by atomic mass is 16.1. The van der Waals surface area contributed by atoms with Crippen LogP contribution < -0.4 is 5.32 Å². The van der Waals surface area contributed by atoms with Gasteiger partial charge in [0.25, 0.3) is 0 Å². The van der Waals surface area contributed by atoms with Crippen LogP contribution in [0.15, 0.2) is 24.3 Å². The van der Waals surface area contributed by atoms with E-state index >= 15 is 0 Å². The Kier molecular flexibility index (Phi) is 4.11. The van der Waals surface area contributed by atoms with Gasteiger partial charge in [0, 0.05) is 12.6 Å². The van der Waals surface area contributed by atoms with E-state index in [1.165, 1.54) is 12.5 Å². The van der Waals surface area contributed by atoms with Crippen molar-refractivity contribution in [2.24, 2.45) is 0 Å². The Balaban J connectivity index is 2.93. The van der Waals surface area contributed by atoms with Crippen molar-refractivity contribution in [3.8, 4) is 0 Å². The van der Waals surface area contributed by atoms with Gasteiger partial charge in [0.1, 0.15) is 0 Å². The molecule has 0 fully saturated rings. The van der Waals surface area contributed by atoms with Crippen molar-refractivity contribution in [2.45, 2.75) is 46.0 Å². The lowest BCUT2D eigenvalue weighted by molar-refractivity contribution is -0.114. The number of carbonyl (C=O) groups excluding carboxylic acids is 1. The SMILES string of the molecule is CCCC(C)(C)c1cccc(NC(C)=O)c1. The topological polar surface area (TPSA) is 29.1 Å². The molecule has 2 heteroatoms. The summed E-state index contributed by atoms with van der Waals surface area (Å²) in [5.41, 5.74) is 2.33. The van der Waals surface area contributed by atoms with Crippen LogP contribution in [0.1, 0.15) is 46.1 Å². The Morgan fingerprint density at radius 1 is 1.38 bits per heavy atom. The predicted octanol–water partition coefficient (Wildman–Crippen LogP) is 3.72. The zero-order valence-electron chi connectivity index (χ0n) is 10.6. The van der Waals surface area contributed by atoms with Crippen molar-refractivity contribution in [3.63, 3.8) is 0 Å². The van der Waals surface area contributed by atoms with Crippen LogP contribution in [0.4, 0.5) is 5.69 Å². The molecule has 0 aromatic heterocycles. The van der Waals surface area contributed by atoms with Crippen LogP contribution in [0.3, 0.4) is 0 Å². The van der Waals surface area contributed by atoms with E-state index in [0.29, 0.717) is 0 Å². The van der Waals surface area contributed by atoms with E-state index in [0.717, 1.165) is 18.5 Å². The summed E-state index contributed by atoms with van der Waals surface area (Å²) in [5, 5.41) is 2.82. The minimum atomic E-state index is -0.0227. The van der Waals surface area contributed by atoms with Gasteiger partial charge in [0.05, 0.1) is 0 Å². The Hall–Kier alpha value is -1.31. The first-order valence-electron chi connectivity index (χ1n) is 5.84. The van der Waals surface area contributed by atoms with Crippen molar-refractivity contribution in [1.29, 1.82) is 0 Å². The Morgan fingerprint density at radius 3 is 2.62 bits per heavy atom. The molecule has 0 spiro atoms. The summed E-state index contributed by atoms with van der Waals surface area (Å²) in [6.07, 6.45) is 2.31. The fraction of sp³-hybridized carbons (Fsp3) is 0.500. The van der Waals surface area contributed by atoms with E-state index in [4.69, 9.17) is 0 Å². The van der Waals surface area contributed by atoms with E-state index in [1.54, 1.807) is 0 Å². The Morgan fingerprint density at radius 2 is 2.06 bits per heavy atom. The largest absolute Gasteiger partial charge is 0.326 e. The van der Waals surface area contributed by atoms with Crippen molar-refractivity contribution in [1.82, 2.24) is 0 Å². The third-order valence-corrected chi connectivity index (χ3v) is 2.84. The first kappa shape index (κ1) is 12.8. The number of benzene rings is 1. The highest BCUT2D eigenvalue weighted by molar-refractivity contribution is 5.88. The number of amides is 1. The van der Waals surface area contributed by atoms with Gasteiger partial charge in [-0.05, 0) is 29.5 Å². The lowest BCUT2D eigenvalue weighted by Gasteiger charge is -2.25. The molecule has 0 bridgehead atoms. The van der Waals surface area contributed by atoms with E-state index in [2.05, 4.69) is 38.2 Å². The van der Waals surface area contributed by atoms with Gasteiger partial charge in [-0.1, -0.05) is 39.3 Å². The molecule has 0 aliphatic rings. The maximum Gasteiger partial charge on any atom is 0.221 e. The second-order valence-corrected chi connectivity index (χ2v) is 4.90. The van der Waals surface area contributed by atoms with Crippen LogP contribution >= 0.6 is 0 Å². The van der Waals surface area contributed by atoms with Gasteiger partial charge in [0.2, 0.25) is 5.91 Å². The second-order valence-electron chi connectivity index (χ2n) is 4.90. The van der Waals surface area contributed by atoms with Crippen LogP contribution in [0.5, 0.6) is 0 Å². The molecule has 0 atom stereocenters. The molecule has 1 N–H and O–H groups in total. The minimum Gasteiger partial charge on any atom is -0.326 e. The molecule has 16 heavy (non-hydrogen) atoms. The highest BCUT2D eigenvalue weighted by Gasteiger charge is 2.19. The summed E-state index contributed by atoms with van der Waals surface area (Å²) in [6.45, 7) is 8.20. The fourth-order valence-corrected chi connectivity index (χ4v) is 1.99. The van der Waals surface area contributed by atoms with E-state index in [-0.39, 0.29) is 11.3 Å². The quantitative estimate of drug-likeness (QED) is 0.821. The van der Waals surface area contributed by atoms with E-state index in [9.17, 15) is 4.79 Å². The molecule has 88 valence electrons. The molecule has 1 amide bonds. The normalized spacial score (nSPS) is 11.2. The molecular weight excluding hydrogens is 198 g/mol. The lowest BCUT2D eigenvalue weighted by Crippen LogP contribution is -2.17. The Labute approximate surface area is 98.1 Å². The average molecular weight is 219 g/mol. The molecule has 0 aliphatic carbocycles. The number of carbonyl (C=O) groups is 1. The van der Waals surface area contributed by atoms with Crippen molar-refractivity contribution in [2.75, 3.05) is 5.32 Å². The second kappa shape index (κ2) is 5.15. The lowest BCUT2D eigenvalue weighted by atomic mass is 9.80. The zero-order valence-corrected chi connectivity index (χ0v) is 10.6. The number of rotatable bonds is 4. The molecule has 0 saturated carbocycles. The number of hydrogen-bond donors (Lipinski definition) is 1. The molecular formula is C14H21NO. The molecule has 1 aromatic carbocycles. The third-order valence-electron chi connectivity index (χ3n) is 2.84. The van der Waals surface area contributed by atoms with Gasteiger partial charge in [-0.3, -0.25) is 4.79 Å².